The first-order chi connectivity index (χ1) is 9.82. The molecule has 2 aliphatic heterocycles. The van der Waals surface area contributed by atoms with Crippen molar-refractivity contribution < 1.29 is 14.2 Å². The minimum absolute atomic E-state index is 0.151. The van der Waals surface area contributed by atoms with Crippen LogP contribution in [0.4, 0.5) is 0 Å². The summed E-state index contributed by atoms with van der Waals surface area (Å²) >= 11 is 2.22. The van der Waals surface area contributed by atoms with E-state index in [4.69, 9.17) is 14.2 Å². The molecule has 2 aliphatic rings. The van der Waals surface area contributed by atoms with Gasteiger partial charge in [-0.15, -0.1) is 0 Å². The van der Waals surface area contributed by atoms with E-state index in [1.54, 1.807) is 6.92 Å². The van der Waals surface area contributed by atoms with Gasteiger partial charge in [0.25, 0.3) is 5.56 Å². The molecule has 0 unspecified atom stereocenters. The summed E-state index contributed by atoms with van der Waals surface area (Å²) in [6, 6.07) is 0. The number of hydrogen-bond donors (Lipinski definition) is 1. The Balaban J connectivity index is 2.01. The third kappa shape index (κ3) is 2.58. The summed E-state index contributed by atoms with van der Waals surface area (Å²) in [5.41, 5.74) is -0.442. The fraction of sp³-hybridized carbons (Fsp3) is 0.692. The molecule has 3 rings (SSSR count). The number of H-pyrrole nitrogens is 1. The molecule has 7 nitrogen and oxygen atoms in total. The second-order valence-electron chi connectivity index (χ2n) is 5.76. The summed E-state index contributed by atoms with van der Waals surface area (Å²) < 4.78 is 19.8. The molecule has 0 spiro atoms. The first kappa shape index (κ1) is 15.2. The number of halogens is 1. The van der Waals surface area contributed by atoms with Gasteiger partial charge in [0.1, 0.15) is 12.2 Å². The zero-order chi connectivity index (χ0) is 15.4. The van der Waals surface area contributed by atoms with Gasteiger partial charge in [0, 0.05) is 16.2 Å². The van der Waals surface area contributed by atoms with Crippen LogP contribution in [0.25, 0.3) is 0 Å². The zero-order valence-electron chi connectivity index (χ0n) is 12.0. The van der Waals surface area contributed by atoms with Crippen LogP contribution in [0.15, 0.2) is 15.8 Å². The van der Waals surface area contributed by atoms with Crippen molar-refractivity contribution in [3.05, 3.63) is 32.6 Å². The second kappa shape index (κ2) is 5.18. The van der Waals surface area contributed by atoms with Crippen LogP contribution in [0.1, 0.15) is 25.6 Å². The van der Waals surface area contributed by atoms with Crippen molar-refractivity contribution in [3.8, 4) is 0 Å². The first-order valence-corrected chi connectivity index (χ1v) is 8.24. The Labute approximate surface area is 134 Å². The summed E-state index contributed by atoms with van der Waals surface area (Å²) in [7, 11) is 0. The van der Waals surface area contributed by atoms with Gasteiger partial charge in [0.15, 0.2) is 12.0 Å². The molecule has 1 N–H and O–H groups in total. The number of hydrogen-bond acceptors (Lipinski definition) is 5. The molecule has 116 valence electrons. The molecule has 2 fully saturated rings. The highest BCUT2D eigenvalue weighted by atomic mass is 127. The van der Waals surface area contributed by atoms with Crippen LogP contribution >= 0.6 is 22.6 Å². The monoisotopic (exact) mass is 408 g/mol. The molecule has 0 saturated carbocycles. The molecule has 0 amide bonds. The lowest BCUT2D eigenvalue weighted by Gasteiger charge is -2.24. The Bertz CT molecular complexity index is 667. The first-order valence-electron chi connectivity index (χ1n) is 6.71. The number of nitrogens with zero attached hydrogens (tertiary/aromatic N) is 1. The van der Waals surface area contributed by atoms with Gasteiger partial charge in [-0.1, -0.05) is 22.6 Å². The highest BCUT2D eigenvalue weighted by molar-refractivity contribution is 14.1. The molecule has 8 heteroatoms. The molecular weight excluding hydrogens is 391 g/mol. The van der Waals surface area contributed by atoms with Crippen LogP contribution in [0.5, 0.6) is 0 Å². The average molecular weight is 408 g/mol. The van der Waals surface area contributed by atoms with Crippen molar-refractivity contribution >= 4 is 22.6 Å². The van der Waals surface area contributed by atoms with Crippen LogP contribution in [-0.2, 0) is 14.2 Å². The van der Waals surface area contributed by atoms with Gasteiger partial charge < -0.3 is 14.2 Å². The van der Waals surface area contributed by atoms with Crippen molar-refractivity contribution in [2.24, 2.45) is 0 Å². The average Bonchev–Trinajstić information content (AvgIpc) is 2.87. The Hall–Kier alpha value is -0.710. The number of aryl methyl sites for hydroxylation is 1. The Morgan fingerprint density at radius 3 is 2.67 bits per heavy atom. The van der Waals surface area contributed by atoms with Crippen molar-refractivity contribution in [3.63, 3.8) is 0 Å². The van der Waals surface area contributed by atoms with E-state index in [9.17, 15) is 9.59 Å². The van der Waals surface area contributed by atoms with E-state index in [1.165, 1.54) is 10.8 Å². The Kier molecular flexibility index (Phi) is 3.75. The maximum absolute atomic E-state index is 12.1. The van der Waals surface area contributed by atoms with Crippen LogP contribution in [0.3, 0.4) is 0 Å². The number of alkyl halides is 1. The summed E-state index contributed by atoms with van der Waals surface area (Å²) in [5, 5.41) is 0. The highest BCUT2D eigenvalue weighted by Gasteiger charge is 2.55. The van der Waals surface area contributed by atoms with Gasteiger partial charge in [-0.25, -0.2) is 4.79 Å². The molecule has 3 heterocycles. The predicted molar refractivity (Wildman–Crippen MR) is 82.7 cm³/mol. The van der Waals surface area contributed by atoms with Crippen LogP contribution < -0.4 is 11.2 Å². The van der Waals surface area contributed by atoms with E-state index in [-0.39, 0.29) is 23.9 Å². The molecule has 0 aliphatic carbocycles. The van der Waals surface area contributed by atoms with E-state index >= 15 is 0 Å². The lowest BCUT2D eigenvalue weighted by atomic mass is 10.1. The molecule has 0 aromatic carbocycles. The van der Waals surface area contributed by atoms with Gasteiger partial charge in [-0.05, 0) is 20.8 Å². The van der Waals surface area contributed by atoms with E-state index in [2.05, 4.69) is 27.6 Å². The number of fused-ring (bicyclic) bond motifs is 1. The number of aromatic amines is 1. The number of aromatic nitrogens is 2. The van der Waals surface area contributed by atoms with Crippen molar-refractivity contribution in [1.82, 2.24) is 9.55 Å². The van der Waals surface area contributed by atoms with Gasteiger partial charge in [-0.2, -0.15) is 0 Å². The fourth-order valence-electron chi connectivity index (χ4n) is 2.78. The number of nitrogens with one attached hydrogen (secondary N) is 1. The molecule has 1 aromatic heterocycles. The summed E-state index contributed by atoms with van der Waals surface area (Å²) in [6.45, 7) is 5.33. The quantitative estimate of drug-likeness (QED) is 0.576. The molecule has 2 saturated heterocycles. The number of rotatable bonds is 2. The number of ether oxygens (including phenoxy) is 3. The largest absolute Gasteiger partial charge is 0.348 e. The molecule has 0 bridgehead atoms. The van der Waals surface area contributed by atoms with Crippen molar-refractivity contribution in [2.45, 2.75) is 51.1 Å². The van der Waals surface area contributed by atoms with Crippen LogP contribution in [0.2, 0.25) is 0 Å². The predicted octanol–water partition coefficient (Wildman–Crippen LogP) is 0.698. The molecule has 21 heavy (non-hydrogen) atoms. The third-order valence-electron chi connectivity index (χ3n) is 3.70. The van der Waals surface area contributed by atoms with Crippen LogP contribution in [-0.4, -0.2) is 38.1 Å². The second-order valence-corrected chi connectivity index (χ2v) is 6.64. The summed E-state index contributed by atoms with van der Waals surface area (Å²) in [5.74, 6) is -0.706. The normalized spacial score (nSPS) is 34.1. The highest BCUT2D eigenvalue weighted by Crippen LogP contribution is 2.42. The Morgan fingerprint density at radius 2 is 2.00 bits per heavy atom. The lowest BCUT2D eigenvalue weighted by molar-refractivity contribution is -0.194. The van der Waals surface area contributed by atoms with Crippen molar-refractivity contribution in [1.29, 1.82) is 0 Å². The van der Waals surface area contributed by atoms with Gasteiger partial charge in [0.2, 0.25) is 0 Å². The minimum Gasteiger partial charge on any atom is -0.348 e. The summed E-state index contributed by atoms with van der Waals surface area (Å²) in [4.78, 5) is 25.8. The van der Waals surface area contributed by atoms with E-state index < -0.39 is 17.7 Å². The summed E-state index contributed by atoms with van der Waals surface area (Å²) in [6.07, 6.45) is 0.164. The maximum Gasteiger partial charge on any atom is 0.330 e. The maximum atomic E-state index is 12.1. The lowest BCUT2D eigenvalue weighted by Crippen LogP contribution is -2.38. The minimum atomic E-state index is -0.706. The standard InChI is InChI=1S/C13H17IN2O5/c1-6-5-16(12(18)15-10(6)17)11-9-8(7(4-14)19-11)20-13(2,3)21-9/h5,7-9,11H,4H2,1-3H3,(H,15,17,18)/t7-,8-,9-,11-/m1/s1. The van der Waals surface area contributed by atoms with Crippen LogP contribution in [0, 0.1) is 6.92 Å². The smallest absolute Gasteiger partial charge is 0.330 e. The topological polar surface area (TPSA) is 82.6 Å². The third-order valence-corrected chi connectivity index (χ3v) is 4.57. The van der Waals surface area contributed by atoms with Gasteiger partial charge >= 0.3 is 5.69 Å². The molecule has 4 atom stereocenters. The van der Waals surface area contributed by atoms with E-state index in [0.29, 0.717) is 5.56 Å². The SMILES string of the molecule is Cc1cn([C@@H]2O[C@H](CI)[C@H]3OC(C)(C)O[C@H]32)c(=O)[nH]c1=O. The fourth-order valence-corrected chi connectivity index (χ4v) is 3.49. The molecule has 0 radical (unpaired) electrons. The molecule has 1 aromatic rings. The Morgan fingerprint density at radius 1 is 1.33 bits per heavy atom. The zero-order valence-corrected chi connectivity index (χ0v) is 14.1. The van der Waals surface area contributed by atoms with Crippen molar-refractivity contribution in [2.75, 3.05) is 4.43 Å². The van der Waals surface area contributed by atoms with E-state index in [0.717, 1.165) is 4.43 Å². The van der Waals surface area contributed by atoms with E-state index in [1.807, 2.05) is 13.8 Å². The van der Waals surface area contributed by atoms with Gasteiger partial charge in [0.05, 0.1) is 6.10 Å². The molecular formula is C13H17IN2O5. The van der Waals surface area contributed by atoms with Gasteiger partial charge in [-0.3, -0.25) is 14.3 Å².